The van der Waals surface area contributed by atoms with Crippen LogP contribution in [0, 0.1) is 0 Å². The van der Waals surface area contributed by atoms with Gasteiger partial charge in [0.05, 0.1) is 18.0 Å². The standard InChI is InChI=1S/C12H14BrNO2S/c1-3-16-12(15)8-11(17)14(2)10-6-4-9(13)5-7-10/h4-7H,3,8H2,1-2H3. The molecule has 3 nitrogen and oxygen atoms in total. The molecule has 0 aromatic heterocycles. The van der Waals surface area contributed by atoms with E-state index in [2.05, 4.69) is 15.9 Å². The maximum absolute atomic E-state index is 11.3. The van der Waals surface area contributed by atoms with Crippen LogP contribution in [0.5, 0.6) is 0 Å². The second-order valence-electron chi connectivity index (χ2n) is 3.41. The maximum Gasteiger partial charge on any atom is 0.312 e. The minimum Gasteiger partial charge on any atom is -0.466 e. The van der Waals surface area contributed by atoms with Crippen molar-refractivity contribution < 1.29 is 9.53 Å². The van der Waals surface area contributed by atoms with Crippen LogP contribution in [0.25, 0.3) is 0 Å². The molecule has 0 aliphatic carbocycles. The lowest BCUT2D eigenvalue weighted by Gasteiger charge is -2.19. The number of hydrogen-bond donors (Lipinski definition) is 0. The van der Waals surface area contributed by atoms with Gasteiger partial charge in [-0.3, -0.25) is 4.79 Å². The number of carbonyl (C=O) groups is 1. The summed E-state index contributed by atoms with van der Waals surface area (Å²) in [6.45, 7) is 2.16. The van der Waals surface area contributed by atoms with Crippen LogP contribution in [0.3, 0.4) is 0 Å². The van der Waals surface area contributed by atoms with Gasteiger partial charge >= 0.3 is 5.97 Å². The van der Waals surface area contributed by atoms with Gasteiger partial charge in [0.25, 0.3) is 0 Å². The molecule has 0 atom stereocenters. The van der Waals surface area contributed by atoms with Crippen molar-refractivity contribution >= 4 is 44.8 Å². The van der Waals surface area contributed by atoms with Gasteiger partial charge in [-0.15, -0.1) is 0 Å². The molecule has 0 amide bonds. The molecule has 0 saturated carbocycles. The van der Waals surface area contributed by atoms with Crippen LogP contribution in [0.4, 0.5) is 5.69 Å². The quantitative estimate of drug-likeness (QED) is 0.630. The third-order valence-electron chi connectivity index (χ3n) is 2.19. The highest BCUT2D eigenvalue weighted by atomic mass is 79.9. The van der Waals surface area contributed by atoms with Gasteiger partial charge in [-0.2, -0.15) is 0 Å². The van der Waals surface area contributed by atoms with Crippen LogP contribution >= 0.6 is 28.1 Å². The van der Waals surface area contributed by atoms with E-state index in [9.17, 15) is 4.79 Å². The molecule has 0 N–H and O–H groups in total. The maximum atomic E-state index is 11.3. The summed E-state index contributed by atoms with van der Waals surface area (Å²) in [4.78, 5) is 13.7. The topological polar surface area (TPSA) is 29.5 Å². The zero-order chi connectivity index (χ0) is 12.8. The first-order chi connectivity index (χ1) is 8.04. The van der Waals surface area contributed by atoms with E-state index in [0.29, 0.717) is 11.6 Å². The lowest BCUT2D eigenvalue weighted by atomic mass is 10.3. The van der Waals surface area contributed by atoms with Crippen LogP contribution < -0.4 is 4.90 Å². The van der Waals surface area contributed by atoms with Gasteiger partial charge in [0.1, 0.15) is 0 Å². The minimum absolute atomic E-state index is 0.135. The lowest BCUT2D eigenvalue weighted by Crippen LogP contribution is -2.27. The number of ether oxygens (including phenoxy) is 1. The van der Waals surface area contributed by atoms with Gasteiger partial charge in [0, 0.05) is 17.2 Å². The summed E-state index contributed by atoms with van der Waals surface area (Å²) in [5, 5.41) is 0. The predicted molar refractivity (Wildman–Crippen MR) is 76.4 cm³/mol. The van der Waals surface area contributed by atoms with Crippen molar-refractivity contribution in [1.29, 1.82) is 0 Å². The highest BCUT2D eigenvalue weighted by Crippen LogP contribution is 2.18. The molecule has 1 rings (SSSR count). The molecular formula is C12H14BrNO2S. The van der Waals surface area contributed by atoms with Gasteiger partial charge in [0.2, 0.25) is 0 Å². The monoisotopic (exact) mass is 315 g/mol. The lowest BCUT2D eigenvalue weighted by molar-refractivity contribution is -0.141. The summed E-state index contributed by atoms with van der Waals surface area (Å²) in [5.41, 5.74) is 0.947. The average Bonchev–Trinajstić information content (AvgIpc) is 2.29. The molecule has 0 aliphatic heterocycles. The number of nitrogens with zero attached hydrogens (tertiary/aromatic N) is 1. The molecule has 0 bridgehead atoms. The van der Waals surface area contributed by atoms with Gasteiger partial charge < -0.3 is 9.64 Å². The van der Waals surface area contributed by atoms with Gasteiger partial charge in [0.15, 0.2) is 0 Å². The molecule has 0 spiro atoms. The van der Waals surface area contributed by atoms with Crippen LogP contribution in [0.2, 0.25) is 0 Å². The van der Waals surface area contributed by atoms with Crippen molar-refractivity contribution in [3.8, 4) is 0 Å². The Morgan fingerprint density at radius 2 is 2.00 bits per heavy atom. The number of benzene rings is 1. The summed E-state index contributed by atoms with van der Waals surface area (Å²) < 4.78 is 5.86. The number of esters is 1. The van der Waals surface area contributed by atoms with E-state index in [-0.39, 0.29) is 12.4 Å². The van der Waals surface area contributed by atoms with Crippen LogP contribution in [0.15, 0.2) is 28.7 Å². The molecular weight excluding hydrogens is 302 g/mol. The van der Waals surface area contributed by atoms with Crippen molar-refractivity contribution in [2.24, 2.45) is 0 Å². The summed E-state index contributed by atoms with van der Waals surface area (Å²) in [7, 11) is 1.84. The molecule has 92 valence electrons. The third kappa shape index (κ3) is 4.44. The Kier molecular flexibility index (Phi) is 5.58. The molecule has 0 unspecified atom stereocenters. The molecule has 0 saturated heterocycles. The first kappa shape index (κ1) is 14.1. The normalized spacial score (nSPS) is 9.82. The first-order valence-electron chi connectivity index (χ1n) is 5.22. The molecule has 0 heterocycles. The summed E-state index contributed by atoms with van der Waals surface area (Å²) >= 11 is 8.56. The van der Waals surface area contributed by atoms with Gasteiger partial charge in [-0.1, -0.05) is 28.1 Å². The number of carbonyl (C=O) groups excluding carboxylic acids is 1. The zero-order valence-electron chi connectivity index (χ0n) is 9.77. The van der Waals surface area contributed by atoms with Crippen molar-refractivity contribution in [1.82, 2.24) is 0 Å². The first-order valence-corrected chi connectivity index (χ1v) is 6.42. The van der Waals surface area contributed by atoms with Crippen molar-refractivity contribution in [2.75, 3.05) is 18.6 Å². The van der Waals surface area contributed by atoms with Gasteiger partial charge in [-0.25, -0.2) is 0 Å². The van der Waals surface area contributed by atoms with E-state index in [4.69, 9.17) is 17.0 Å². The molecule has 0 radical (unpaired) electrons. The fourth-order valence-corrected chi connectivity index (χ4v) is 1.75. The molecule has 1 aromatic carbocycles. The van der Waals surface area contributed by atoms with Crippen LogP contribution in [-0.2, 0) is 9.53 Å². The van der Waals surface area contributed by atoms with E-state index >= 15 is 0 Å². The third-order valence-corrected chi connectivity index (χ3v) is 3.14. The SMILES string of the molecule is CCOC(=O)CC(=S)N(C)c1ccc(Br)cc1. The largest absolute Gasteiger partial charge is 0.466 e. The second-order valence-corrected chi connectivity index (χ2v) is 4.80. The van der Waals surface area contributed by atoms with E-state index in [0.717, 1.165) is 10.2 Å². The Balaban J connectivity index is 2.63. The minimum atomic E-state index is -0.290. The Bertz CT molecular complexity index is 405. The number of rotatable bonds is 4. The Morgan fingerprint density at radius 3 is 2.53 bits per heavy atom. The number of anilines is 1. The summed E-state index contributed by atoms with van der Waals surface area (Å²) in [5.74, 6) is -0.290. The molecule has 17 heavy (non-hydrogen) atoms. The fourth-order valence-electron chi connectivity index (χ4n) is 1.26. The van der Waals surface area contributed by atoms with E-state index in [1.807, 2.05) is 31.3 Å². The van der Waals surface area contributed by atoms with E-state index in [1.54, 1.807) is 11.8 Å². The number of hydrogen-bond acceptors (Lipinski definition) is 3. The zero-order valence-corrected chi connectivity index (χ0v) is 12.2. The van der Waals surface area contributed by atoms with E-state index in [1.165, 1.54) is 0 Å². The molecule has 1 aromatic rings. The Hall–Kier alpha value is -0.940. The summed E-state index contributed by atoms with van der Waals surface area (Å²) in [6, 6.07) is 7.72. The van der Waals surface area contributed by atoms with Crippen molar-refractivity contribution in [3.05, 3.63) is 28.7 Å². The van der Waals surface area contributed by atoms with Crippen molar-refractivity contribution in [2.45, 2.75) is 13.3 Å². The average molecular weight is 316 g/mol. The van der Waals surface area contributed by atoms with Gasteiger partial charge in [-0.05, 0) is 31.2 Å². The van der Waals surface area contributed by atoms with Crippen LogP contribution in [-0.4, -0.2) is 24.6 Å². The smallest absolute Gasteiger partial charge is 0.312 e. The van der Waals surface area contributed by atoms with E-state index < -0.39 is 0 Å². The Morgan fingerprint density at radius 1 is 1.41 bits per heavy atom. The highest BCUT2D eigenvalue weighted by Gasteiger charge is 2.12. The Labute approximate surface area is 115 Å². The summed E-state index contributed by atoms with van der Waals surface area (Å²) in [6.07, 6.45) is 0.135. The molecule has 5 heteroatoms. The fraction of sp³-hybridized carbons (Fsp3) is 0.333. The number of halogens is 1. The predicted octanol–water partition coefficient (Wildman–Crippen LogP) is 3.17. The second kappa shape index (κ2) is 6.71. The highest BCUT2D eigenvalue weighted by molar-refractivity contribution is 9.10. The molecule has 0 fully saturated rings. The van der Waals surface area contributed by atoms with Crippen molar-refractivity contribution in [3.63, 3.8) is 0 Å². The van der Waals surface area contributed by atoms with Crippen LogP contribution in [0.1, 0.15) is 13.3 Å². The molecule has 0 aliphatic rings. The number of thiocarbonyl (C=S) groups is 1.